The summed E-state index contributed by atoms with van der Waals surface area (Å²) in [5.41, 5.74) is 5.74. The fourth-order valence-corrected chi connectivity index (χ4v) is 3.12. The normalized spacial score (nSPS) is 14.2. The zero-order chi connectivity index (χ0) is 17.6. The van der Waals surface area contributed by atoms with E-state index in [9.17, 15) is 4.79 Å². The highest BCUT2D eigenvalue weighted by Crippen LogP contribution is 2.36. The molecule has 1 aromatic heterocycles. The number of unbranched alkanes of at least 4 members (excludes halogenated alkanes) is 2. The molecular formula is C20H18N2O2S. The van der Waals surface area contributed by atoms with Gasteiger partial charge in [0.25, 0.3) is 0 Å². The van der Waals surface area contributed by atoms with Gasteiger partial charge < -0.3 is 5.11 Å². The molecule has 0 radical (unpaired) electrons. The maximum Gasteiger partial charge on any atom is 0.303 e. The number of para-hydroxylation sites is 1. The van der Waals surface area contributed by atoms with Crippen molar-refractivity contribution in [2.75, 3.05) is 0 Å². The summed E-state index contributed by atoms with van der Waals surface area (Å²) in [6.45, 7) is 0. The second-order valence-corrected chi connectivity index (χ2v) is 6.05. The molecule has 0 unspecified atom stereocenters. The number of aromatic nitrogens is 1. The molecule has 126 valence electrons. The van der Waals surface area contributed by atoms with Crippen LogP contribution in [0.2, 0.25) is 0 Å². The molecule has 0 amide bonds. The van der Waals surface area contributed by atoms with Gasteiger partial charge >= 0.3 is 5.97 Å². The quantitative estimate of drug-likeness (QED) is 0.611. The lowest BCUT2D eigenvalue weighted by molar-refractivity contribution is -0.137. The van der Waals surface area contributed by atoms with Crippen molar-refractivity contribution in [2.45, 2.75) is 25.7 Å². The van der Waals surface area contributed by atoms with E-state index in [1.807, 2.05) is 24.3 Å². The van der Waals surface area contributed by atoms with E-state index in [0.29, 0.717) is 6.42 Å². The fraction of sp³-hybridized carbons (Fsp3) is 0.200. The Morgan fingerprint density at radius 2 is 1.96 bits per heavy atom. The van der Waals surface area contributed by atoms with Crippen LogP contribution in [0.15, 0.2) is 53.8 Å². The molecule has 0 saturated heterocycles. The van der Waals surface area contributed by atoms with Crippen LogP contribution in [-0.2, 0) is 4.79 Å². The summed E-state index contributed by atoms with van der Waals surface area (Å²) >= 11 is 5.16. The van der Waals surface area contributed by atoms with E-state index in [4.69, 9.17) is 22.3 Å². The molecule has 0 atom stereocenters. The van der Waals surface area contributed by atoms with E-state index in [2.05, 4.69) is 17.1 Å². The molecule has 1 N–H and O–H groups in total. The van der Waals surface area contributed by atoms with Crippen molar-refractivity contribution in [1.82, 2.24) is 4.98 Å². The summed E-state index contributed by atoms with van der Waals surface area (Å²) in [6.07, 6.45) is 8.25. The van der Waals surface area contributed by atoms with Gasteiger partial charge in [0.05, 0.1) is 11.4 Å². The highest BCUT2D eigenvalue weighted by Gasteiger charge is 2.19. The Balaban J connectivity index is 2.01. The number of hydrogen-bond donors (Lipinski definition) is 1. The van der Waals surface area contributed by atoms with Crippen LogP contribution in [0.25, 0.3) is 5.57 Å². The number of carboxylic acid groups (broad SMARTS) is 1. The van der Waals surface area contributed by atoms with Gasteiger partial charge in [-0.15, -0.1) is 0 Å². The number of hydrogen-bond acceptors (Lipinski definition) is 4. The van der Waals surface area contributed by atoms with Crippen molar-refractivity contribution in [3.05, 3.63) is 65.5 Å². The lowest BCUT2D eigenvalue weighted by Gasteiger charge is -2.11. The molecule has 0 fully saturated rings. The number of allylic oxidation sites excluding steroid dienone is 1. The molecule has 0 bridgehead atoms. The van der Waals surface area contributed by atoms with Crippen molar-refractivity contribution >= 4 is 40.5 Å². The smallest absolute Gasteiger partial charge is 0.303 e. The maximum atomic E-state index is 10.7. The van der Waals surface area contributed by atoms with Crippen molar-refractivity contribution in [3.8, 4) is 0 Å². The third-order valence-corrected chi connectivity index (χ3v) is 4.35. The zero-order valence-electron chi connectivity index (χ0n) is 13.7. The number of nitrogens with zero attached hydrogens (tertiary/aromatic N) is 2. The summed E-state index contributed by atoms with van der Waals surface area (Å²) in [4.78, 5) is 19.6. The lowest BCUT2D eigenvalue weighted by atomic mass is 9.93. The first kappa shape index (κ1) is 17.2. The number of thiocarbonyl (C=S) groups is 1. The monoisotopic (exact) mass is 350 g/mol. The molecule has 1 aliphatic rings. The Kier molecular flexibility index (Phi) is 5.46. The van der Waals surface area contributed by atoms with Gasteiger partial charge in [0.1, 0.15) is 0 Å². The average molecular weight is 350 g/mol. The minimum absolute atomic E-state index is 0.207. The summed E-state index contributed by atoms with van der Waals surface area (Å²) in [7, 11) is 0. The van der Waals surface area contributed by atoms with Crippen LogP contribution in [0.3, 0.4) is 0 Å². The first-order valence-corrected chi connectivity index (χ1v) is 8.68. The molecule has 4 nitrogen and oxygen atoms in total. The van der Waals surface area contributed by atoms with Crippen molar-refractivity contribution in [2.24, 2.45) is 4.99 Å². The summed E-state index contributed by atoms with van der Waals surface area (Å²) < 4.78 is 0. The fourth-order valence-electron chi connectivity index (χ4n) is 2.94. The second kappa shape index (κ2) is 7.94. The zero-order valence-corrected chi connectivity index (χ0v) is 14.5. The van der Waals surface area contributed by atoms with Gasteiger partial charge in [-0.2, -0.15) is 0 Å². The van der Waals surface area contributed by atoms with Gasteiger partial charge in [-0.1, -0.05) is 36.5 Å². The molecule has 5 heteroatoms. The van der Waals surface area contributed by atoms with Crippen LogP contribution in [-0.4, -0.2) is 27.1 Å². The summed E-state index contributed by atoms with van der Waals surface area (Å²) in [5, 5.41) is 10.4. The van der Waals surface area contributed by atoms with E-state index in [1.165, 1.54) is 0 Å². The number of fused-ring (bicyclic) bond motifs is 2. The molecular weight excluding hydrogens is 332 g/mol. The third-order valence-electron chi connectivity index (χ3n) is 4.13. The van der Waals surface area contributed by atoms with Gasteiger partial charge in [-0.3, -0.25) is 9.78 Å². The number of benzene rings is 1. The van der Waals surface area contributed by atoms with Gasteiger partial charge in [0.15, 0.2) is 0 Å². The minimum atomic E-state index is -0.747. The summed E-state index contributed by atoms with van der Waals surface area (Å²) in [6, 6.07) is 9.97. The number of aliphatic carboxylic acids is 1. The molecule has 2 aromatic rings. The molecule has 0 spiro atoms. The maximum absolute atomic E-state index is 10.7. The van der Waals surface area contributed by atoms with Crippen LogP contribution < -0.4 is 0 Å². The Morgan fingerprint density at radius 3 is 2.76 bits per heavy atom. The number of rotatable bonds is 6. The van der Waals surface area contributed by atoms with Gasteiger partial charge in [0, 0.05) is 35.3 Å². The second-order valence-electron chi connectivity index (χ2n) is 5.81. The molecule has 1 aliphatic heterocycles. The number of pyridine rings is 1. The van der Waals surface area contributed by atoms with Crippen LogP contribution in [0.4, 0.5) is 5.69 Å². The molecule has 0 saturated carbocycles. The van der Waals surface area contributed by atoms with Crippen LogP contribution >= 0.6 is 12.2 Å². The lowest BCUT2D eigenvalue weighted by Crippen LogP contribution is -2.04. The molecule has 2 heterocycles. The van der Waals surface area contributed by atoms with Crippen molar-refractivity contribution in [1.29, 1.82) is 0 Å². The SMILES string of the molecule is O=C(O)CCCCC=C1c2ccccc2N=C(C=S)c2cnccc21. The molecule has 0 aliphatic carbocycles. The standard InChI is InChI=1S/C20H18N2O2S/c23-20(24)9-3-1-2-6-14-15-10-11-21-12-17(15)19(13-25)22-18-8-5-4-7-16(14)18/h4-8,10-13H,1-3,9H2,(H,23,24). The Morgan fingerprint density at radius 1 is 1.12 bits per heavy atom. The van der Waals surface area contributed by atoms with E-state index in [1.54, 1.807) is 17.8 Å². The van der Waals surface area contributed by atoms with E-state index in [-0.39, 0.29) is 6.42 Å². The predicted molar refractivity (Wildman–Crippen MR) is 104 cm³/mol. The third kappa shape index (κ3) is 3.88. The van der Waals surface area contributed by atoms with Gasteiger partial charge in [0.2, 0.25) is 0 Å². The molecule has 25 heavy (non-hydrogen) atoms. The molecule has 3 rings (SSSR count). The van der Waals surface area contributed by atoms with E-state index in [0.717, 1.165) is 46.5 Å². The summed E-state index contributed by atoms with van der Waals surface area (Å²) in [5.74, 6) is -0.747. The number of aliphatic imine (C=N–C) groups is 1. The number of carbonyl (C=O) groups is 1. The Bertz CT molecular complexity index is 872. The van der Waals surface area contributed by atoms with Crippen molar-refractivity contribution in [3.63, 3.8) is 0 Å². The van der Waals surface area contributed by atoms with Crippen LogP contribution in [0.1, 0.15) is 42.4 Å². The Hall–Kier alpha value is -2.66. The largest absolute Gasteiger partial charge is 0.481 e. The van der Waals surface area contributed by atoms with Crippen molar-refractivity contribution < 1.29 is 9.90 Å². The van der Waals surface area contributed by atoms with E-state index >= 15 is 0 Å². The van der Waals surface area contributed by atoms with Gasteiger partial charge in [-0.25, -0.2) is 4.99 Å². The topological polar surface area (TPSA) is 62.5 Å². The minimum Gasteiger partial charge on any atom is -0.481 e. The van der Waals surface area contributed by atoms with Crippen LogP contribution in [0.5, 0.6) is 0 Å². The van der Waals surface area contributed by atoms with Crippen LogP contribution in [0, 0.1) is 0 Å². The highest BCUT2D eigenvalue weighted by atomic mass is 32.1. The Labute approximate surface area is 152 Å². The molecule has 1 aromatic carbocycles. The highest BCUT2D eigenvalue weighted by molar-refractivity contribution is 7.80. The van der Waals surface area contributed by atoms with Gasteiger partial charge in [-0.05, 0) is 42.5 Å². The first-order chi connectivity index (χ1) is 12.2. The first-order valence-electron chi connectivity index (χ1n) is 8.20. The predicted octanol–water partition coefficient (Wildman–Crippen LogP) is 4.59. The number of carboxylic acids is 1. The van der Waals surface area contributed by atoms with E-state index < -0.39 is 5.97 Å². The average Bonchev–Trinajstić information content (AvgIpc) is 2.76.